The second-order valence-corrected chi connectivity index (χ2v) is 4.47. The Morgan fingerprint density at radius 1 is 1.29 bits per heavy atom. The van der Waals surface area contributed by atoms with Gasteiger partial charge in [0.25, 0.3) is 0 Å². The molecule has 0 fully saturated rings. The van der Waals surface area contributed by atoms with Crippen molar-refractivity contribution in [1.29, 1.82) is 0 Å². The highest BCUT2D eigenvalue weighted by Crippen LogP contribution is 2.01. The molecule has 0 radical (unpaired) electrons. The summed E-state index contributed by atoms with van der Waals surface area (Å²) in [5, 5.41) is 13.9. The van der Waals surface area contributed by atoms with Gasteiger partial charge in [0.1, 0.15) is 6.04 Å². The smallest absolute Gasteiger partial charge is 0.326 e. The minimum Gasteiger partial charge on any atom is -0.480 e. The molecular weight excluding hydrogens is 224 g/mol. The predicted molar refractivity (Wildman–Crippen MR) is 63.8 cm³/mol. The van der Waals surface area contributed by atoms with Crippen molar-refractivity contribution in [3.63, 3.8) is 0 Å². The molecule has 6 nitrogen and oxygen atoms in total. The molecule has 0 aromatic carbocycles. The fraction of sp³-hybridized carbons (Fsp3) is 0.818. The van der Waals surface area contributed by atoms with Crippen LogP contribution in [0.1, 0.15) is 20.8 Å². The summed E-state index contributed by atoms with van der Waals surface area (Å²) in [5.74, 6) is -0.997. The number of amides is 2. The minimum absolute atomic E-state index is 0.158. The van der Waals surface area contributed by atoms with Gasteiger partial charge in [-0.1, -0.05) is 20.8 Å². The quantitative estimate of drug-likeness (QED) is 0.616. The monoisotopic (exact) mass is 246 g/mol. The highest BCUT2D eigenvalue weighted by molar-refractivity contribution is 5.82. The first kappa shape index (κ1) is 15.7. The van der Waals surface area contributed by atoms with Gasteiger partial charge < -0.3 is 20.5 Å². The molecule has 0 aromatic heterocycles. The average Bonchev–Trinajstić information content (AvgIpc) is 2.22. The Bertz CT molecular complexity index is 256. The molecule has 2 amide bonds. The van der Waals surface area contributed by atoms with E-state index in [1.807, 2.05) is 6.92 Å². The number of carboxylic acid groups (broad SMARTS) is 1. The van der Waals surface area contributed by atoms with Crippen LogP contribution >= 0.6 is 0 Å². The molecule has 0 saturated carbocycles. The van der Waals surface area contributed by atoms with E-state index < -0.39 is 18.0 Å². The lowest BCUT2D eigenvalue weighted by atomic mass is 10.1. The van der Waals surface area contributed by atoms with E-state index in [9.17, 15) is 9.59 Å². The number of nitrogens with one attached hydrogen (secondary N) is 2. The van der Waals surface area contributed by atoms with Crippen molar-refractivity contribution < 1.29 is 19.4 Å². The fourth-order valence-corrected chi connectivity index (χ4v) is 1.32. The number of carbonyl (C=O) groups is 2. The zero-order chi connectivity index (χ0) is 13.4. The summed E-state index contributed by atoms with van der Waals surface area (Å²) in [4.78, 5) is 22.3. The Morgan fingerprint density at radius 3 is 2.29 bits per heavy atom. The van der Waals surface area contributed by atoms with Crippen molar-refractivity contribution in [2.45, 2.75) is 26.8 Å². The number of urea groups is 1. The van der Waals surface area contributed by atoms with Gasteiger partial charge in [0.15, 0.2) is 0 Å². The average molecular weight is 246 g/mol. The SMILES string of the molecule is COCC(C)CNC(=O)N[C@@H](C(=O)O)C(C)C. The highest BCUT2D eigenvalue weighted by atomic mass is 16.5. The van der Waals surface area contributed by atoms with Crippen LogP contribution in [0.4, 0.5) is 4.79 Å². The number of carbonyl (C=O) groups excluding carboxylic acids is 1. The Labute approximate surface area is 102 Å². The number of hydrogen-bond acceptors (Lipinski definition) is 3. The van der Waals surface area contributed by atoms with Gasteiger partial charge in [-0.2, -0.15) is 0 Å². The summed E-state index contributed by atoms with van der Waals surface area (Å²) < 4.78 is 4.93. The molecule has 0 aliphatic rings. The lowest BCUT2D eigenvalue weighted by Gasteiger charge is -2.19. The zero-order valence-corrected chi connectivity index (χ0v) is 10.8. The van der Waals surface area contributed by atoms with Crippen LogP contribution in [0, 0.1) is 11.8 Å². The summed E-state index contributed by atoms with van der Waals surface area (Å²) in [7, 11) is 1.59. The molecule has 1 unspecified atom stereocenters. The van der Waals surface area contributed by atoms with Crippen LogP contribution in [0.3, 0.4) is 0 Å². The summed E-state index contributed by atoms with van der Waals surface area (Å²) in [6.45, 7) is 6.41. The summed E-state index contributed by atoms with van der Waals surface area (Å²) in [6, 6.07) is -1.33. The molecule has 0 aliphatic carbocycles. The molecule has 0 bridgehead atoms. The Morgan fingerprint density at radius 2 is 1.88 bits per heavy atom. The van der Waals surface area contributed by atoms with Crippen molar-refractivity contribution in [3.8, 4) is 0 Å². The molecule has 0 aliphatic heterocycles. The van der Waals surface area contributed by atoms with E-state index in [4.69, 9.17) is 9.84 Å². The van der Waals surface area contributed by atoms with Gasteiger partial charge in [-0.25, -0.2) is 9.59 Å². The predicted octanol–water partition coefficient (Wildman–Crippen LogP) is 0.677. The summed E-state index contributed by atoms with van der Waals surface area (Å²) in [5.41, 5.74) is 0. The number of rotatable bonds is 7. The normalized spacial score (nSPS) is 14.2. The maximum Gasteiger partial charge on any atom is 0.326 e. The van der Waals surface area contributed by atoms with E-state index in [1.54, 1.807) is 21.0 Å². The van der Waals surface area contributed by atoms with Gasteiger partial charge in [-0.3, -0.25) is 0 Å². The lowest BCUT2D eigenvalue weighted by molar-refractivity contribution is -0.140. The van der Waals surface area contributed by atoms with E-state index >= 15 is 0 Å². The third-order valence-corrected chi connectivity index (χ3v) is 2.28. The number of methoxy groups -OCH3 is 1. The van der Waals surface area contributed by atoms with Gasteiger partial charge in [0, 0.05) is 13.7 Å². The number of carboxylic acids is 1. The Balaban J connectivity index is 4.03. The first-order valence-corrected chi connectivity index (χ1v) is 5.64. The minimum atomic E-state index is -1.03. The number of ether oxygens (including phenoxy) is 1. The first-order chi connectivity index (χ1) is 7.88. The molecule has 6 heteroatoms. The van der Waals surface area contributed by atoms with Gasteiger partial charge in [-0.15, -0.1) is 0 Å². The third kappa shape index (κ3) is 6.78. The largest absolute Gasteiger partial charge is 0.480 e. The molecule has 17 heavy (non-hydrogen) atoms. The molecular formula is C11H22N2O4. The fourth-order valence-electron chi connectivity index (χ4n) is 1.32. The summed E-state index contributed by atoms with van der Waals surface area (Å²) >= 11 is 0. The Kier molecular flexibility index (Phi) is 7.29. The van der Waals surface area contributed by atoms with Crippen molar-refractivity contribution in [3.05, 3.63) is 0 Å². The van der Waals surface area contributed by atoms with Crippen molar-refractivity contribution >= 4 is 12.0 Å². The molecule has 0 saturated heterocycles. The van der Waals surface area contributed by atoms with Crippen LogP contribution in [0.5, 0.6) is 0 Å². The van der Waals surface area contributed by atoms with Crippen molar-refractivity contribution in [1.82, 2.24) is 10.6 Å². The lowest BCUT2D eigenvalue weighted by Crippen LogP contribution is -2.49. The maximum atomic E-state index is 11.4. The molecule has 0 spiro atoms. The van der Waals surface area contributed by atoms with Crippen LogP contribution < -0.4 is 10.6 Å². The first-order valence-electron chi connectivity index (χ1n) is 5.64. The van der Waals surface area contributed by atoms with E-state index in [0.29, 0.717) is 13.2 Å². The van der Waals surface area contributed by atoms with Crippen LogP contribution in [0.2, 0.25) is 0 Å². The van der Waals surface area contributed by atoms with Crippen LogP contribution in [-0.4, -0.2) is 43.4 Å². The third-order valence-electron chi connectivity index (χ3n) is 2.28. The topological polar surface area (TPSA) is 87.7 Å². The zero-order valence-electron chi connectivity index (χ0n) is 10.8. The number of hydrogen-bond donors (Lipinski definition) is 3. The van der Waals surface area contributed by atoms with Gasteiger partial charge >= 0.3 is 12.0 Å². The second-order valence-electron chi connectivity index (χ2n) is 4.47. The standard InChI is InChI=1S/C11H22N2O4/c1-7(2)9(10(14)15)13-11(16)12-5-8(3)6-17-4/h7-9H,5-6H2,1-4H3,(H,14,15)(H2,12,13,16)/t8?,9-/m1/s1. The van der Waals surface area contributed by atoms with Gasteiger partial charge in [0.2, 0.25) is 0 Å². The van der Waals surface area contributed by atoms with Crippen molar-refractivity contribution in [2.75, 3.05) is 20.3 Å². The van der Waals surface area contributed by atoms with Crippen molar-refractivity contribution in [2.24, 2.45) is 11.8 Å². The van der Waals surface area contributed by atoms with Crippen LogP contribution in [0.15, 0.2) is 0 Å². The van der Waals surface area contributed by atoms with E-state index in [1.165, 1.54) is 0 Å². The van der Waals surface area contributed by atoms with Gasteiger partial charge in [-0.05, 0) is 11.8 Å². The highest BCUT2D eigenvalue weighted by Gasteiger charge is 2.23. The summed E-state index contributed by atoms with van der Waals surface area (Å²) in [6.07, 6.45) is 0. The van der Waals surface area contributed by atoms with Gasteiger partial charge in [0.05, 0.1) is 6.61 Å². The molecule has 3 N–H and O–H groups in total. The van der Waals surface area contributed by atoms with Crippen LogP contribution in [-0.2, 0) is 9.53 Å². The molecule has 2 atom stereocenters. The molecule has 0 heterocycles. The molecule has 0 aromatic rings. The number of aliphatic carboxylic acids is 1. The van der Waals surface area contributed by atoms with E-state index in [-0.39, 0.29) is 11.8 Å². The maximum absolute atomic E-state index is 11.4. The molecule has 100 valence electrons. The Hall–Kier alpha value is -1.30. The second kappa shape index (κ2) is 7.89. The van der Waals surface area contributed by atoms with Crippen LogP contribution in [0.25, 0.3) is 0 Å². The van der Waals surface area contributed by atoms with E-state index in [2.05, 4.69) is 10.6 Å². The van der Waals surface area contributed by atoms with E-state index in [0.717, 1.165) is 0 Å². The molecule has 0 rings (SSSR count).